The SMILES string of the molecule is CNC(C)c1ccc(F)c(-c2cc(C)cc(C)c2)c1. The molecule has 1 nitrogen and oxygen atoms in total. The summed E-state index contributed by atoms with van der Waals surface area (Å²) in [5.74, 6) is -0.169. The van der Waals surface area contributed by atoms with Crippen molar-refractivity contribution in [2.24, 2.45) is 0 Å². The van der Waals surface area contributed by atoms with E-state index in [9.17, 15) is 4.39 Å². The molecule has 0 aromatic heterocycles. The fourth-order valence-corrected chi connectivity index (χ4v) is 2.33. The van der Waals surface area contributed by atoms with E-state index in [2.05, 4.69) is 18.3 Å². The van der Waals surface area contributed by atoms with Crippen molar-refractivity contribution in [2.75, 3.05) is 7.05 Å². The van der Waals surface area contributed by atoms with Crippen LogP contribution < -0.4 is 5.32 Å². The summed E-state index contributed by atoms with van der Waals surface area (Å²) in [6, 6.07) is 11.7. The second kappa shape index (κ2) is 5.54. The van der Waals surface area contributed by atoms with Crippen LogP contribution in [0, 0.1) is 19.7 Å². The minimum Gasteiger partial charge on any atom is -0.313 e. The van der Waals surface area contributed by atoms with Crippen molar-refractivity contribution in [1.82, 2.24) is 5.32 Å². The van der Waals surface area contributed by atoms with Gasteiger partial charge in [0.15, 0.2) is 0 Å². The van der Waals surface area contributed by atoms with E-state index in [1.807, 2.05) is 45.2 Å². The molecule has 0 fully saturated rings. The topological polar surface area (TPSA) is 12.0 Å². The molecule has 2 aromatic carbocycles. The minimum atomic E-state index is -0.169. The molecule has 0 aliphatic heterocycles. The number of halogens is 1. The summed E-state index contributed by atoms with van der Waals surface area (Å²) in [6.07, 6.45) is 0. The van der Waals surface area contributed by atoms with Gasteiger partial charge in [0.2, 0.25) is 0 Å². The first-order valence-electron chi connectivity index (χ1n) is 6.56. The van der Waals surface area contributed by atoms with Crippen molar-refractivity contribution in [2.45, 2.75) is 26.8 Å². The largest absolute Gasteiger partial charge is 0.313 e. The van der Waals surface area contributed by atoms with Crippen molar-refractivity contribution in [1.29, 1.82) is 0 Å². The Morgan fingerprint density at radius 1 is 1.00 bits per heavy atom. The van der Waals surface area contributed by atoms with E-state index in [4.69, 9.17) is 0 Å². The zero-order valence-electron chi connectivity index (χ0n) is 11.9. The molecule has 0 spiro atoms. The fourth-order valence-electron chi connectivity index (χ4n) is 2.33. The highest BCUT2D eigenvalue weighted by atomic mass is 19.1. The van der Waals surface area contributed by atoms with Crippen molar-refractivity contribution < 1.29 is 4.39 Å². The van der Waals surface area contributed by atoms with Gasteiger partial charge in [0.05, 0.1) is 0 Å². The van der Waals surface area contributed by atoms with E-state index < -0.39 is 0 Å². The number of hydrogen-bond acceptors (Lipinski definition) is 1. The quantitative estimate of drug-likeness (QED) is 0.860. The second-order valence-electron chi connectivity index (χ2n) is 5.13. The smallest absolute Gasteiger partial charge is 0.131 e. The van der Waals surface area contributed by atoms with E-state index in [0.717, 1.165) is 22.3 Å². The molecule has 0 bridgehead atoms. The Morgan fingerprint density at radius 2 is 1.63 bits per heavy atom. The van der Waals surface area contributed by atoms with Crippen LogP contribution >= 0.6 is 0 Å². The Bertz CT molecular complexity index is 570. The summed E-state index contributed by atoms with van der Waals surface area (Å²) in [5, 5.41) is 3.18. The maximum Gasteiger partial charge on any atom is 0.131 e. The molecule has 0 aliphatic carbocycles. The van der Waals surface area contributed by atoms with Gasteiger partial charge in [-0.1, -0.05) is 35.4 Å². The van der Waals surface area contributed by atoms with Gasteiger partial charge in [-0.25, -0.2) is 4.39 Å². The monoisotopic (exact) mass is 257 g/mol. The lowest BCUT2D eigenvalue weighted by atomic mass is 9.97. The molecule has 100 valence electrons. The third kappa shape index (κ3) is 3.02. The molecule has 19 heavy (non-hydrogen) atoms. The van der Waals surface area contributed by atoms with E-state index in [-0.39, 0.29) is 11.9 Å². The zero-order valence-corrected chi connectivity index (χ0v) is 11.9. The molecule has 0 saturated carbocycles. The number of rotatable bonds is 3. The third-order valence-electron chi connectivity index (χ3n) is 3.46. The number of benzene rings is 2. The van der Waals surface area contributed by atoms with Crippen LogP contribution in [0.15, 0.2) is 36.4 Å². The first-order valence-corrected chi connectivity index (χ1v) is 6.56. The van der Waals surface area contributed by atoms with Crippen molar-refractivity contribution in [3.05, 3.63) is 58.9 Å². The van der Waals surface area contributed by atoms with Crippen LogP contribution in [0.3, 0.4) is 0 Å². The Balaban J connectivity index is 2.54. The molecule has 0 heterocycles. The molecule has 0 aliphatic rings. The second-order valence-corrected chi connectivity index (χ2v) is 5.13. The summed E-state index contributed by atoms with van der Waals surface area (Å²) in [4.78, 5) is 0. The van der Waals surface area contributed by atoms with E-state index in [0.29, 0.717) is 5.56 Å². The first kappa shape index (κ1) is 13.8. The van der Waals surface area contributed by atoms with Crippen LogP contribution in [0.2, 0.25) is 0 Å². The van der Waals surface area contributed by atoms with Crippen LogP contribution in [-0.4, -0.2) is 7.05 Å². The molecule has 0 amide bonds. The van der Waals surface area contributed by atoms with Gasteiger partial charge in [0.1, 0.15) is 5.82 Å². The zero-order chi connectivity index (χ0) is 14.0. The molecule has 2 rings (SSSR count). The average molecular weight is 257 g/mol. The van der Waals surface area contributed by atoms with E-state index in [1.165, 1.54) is 0 Å². The standard InChI is InChI=1S/C17H20FN/c1-11-7-12(2)9-15(8-11)16-10-14(13(3)19-4)5-6-17(16)18/h5-10,13,19H,1-4H3. The Labute approximate surface area is 114 Å². The summed E-state index contributed by atoms with van der Waals surface area (Å²) in [5.41, 5.74) is 5.02. The maximum absolute atomic E-state index is 14.1. The molecular formula is C17H20FN. The molecule has 1 N–H and O–H groups in total. The summed E-state index contributed by atoms with van der Waals surface area (Å²) < 4.78 is 14.1. The number of nitrogens with one attached hydrogen (secondary N) is 1. The first-order chi connectivity index (χ1) is 9.01. The van der Waals surface area contributed by atoms with Crippen LogP contribution in [-0.2, 0) is 0 Å². The van der Waals surface area contributed by atoms with Crippen LogP contribution in [0.1, 0.15) is 29.7 Å². The van der Waals surface area contributed by atoms with Crippen LogP contribution in [0.5, 0.6) is 0 Å². The van der Waals surface area contributed by atoms with Gasteiger partial charge in [-0.05, 0) is 51.1 Å². The summed E-state index contributed by atoms with van der Waals surface area (Å²) >= 11 is 0. The fraction of sp³-hybridized carbons (Fsp3) is 0.294. The number of aryl methyl sites for hydroxylation is 2. The molecule has 1 unspecified atom stereocenters. The lowest BCUT2D eigenvalue weighted by Crippen LogP contribution is -2.12. The third-order valence-corrected chi connectivity index (χ3v) is 3.46. The van der Waals surface area contributed by atoms with Gasteiger partial charge in [-0.2, -0.15) is 0 Å². The van der Waals surface area contributed by atoms with Crippen molar-refractivity contribution in [3.8, 4) is 11.1 Å². The Morgan fingerprint density at radius 3 is 2.21 bits per heavy atom. The highest BCUT2D eigenvalue weighted by molar-refractivity contribution is 5.66. The van der Waals surface area contributed by atoms with Crippen molar-refractivity contribution in [3.63, 3.8) is 0 Å². The van der Waals surface area contributed by atoms with Crippen LogP contribution in [0.4, 0.5) is 4.39 Å². The highest BCUT2D eigenvalue weighted by Crippen LogP contribution is 2.27. The highest BCUT2D eigenvalue weighted by Gasteiger charge is 2.10. The Kier molecular flexibility index (Phi) is 4.01. The predicted octanol–water partition coefficient (Wildman–Crippen LogP) is 4.39. The summed E-state index contributed by atoms with van der Waals surface area (Å²) in [6.45, 7) is 6.14. The van der Waals surface area contributed by atoms with Gasteiger partial charge in [0.25, 0.3) is 0 Å². The lowest BCUT2D eigenvalue weighted by Gasteiger charge is -2.13. The molecule has 2 aromatic rings. The van der Waals surface area contributed by atoms with Gasteiger partial charge in [-0.15, -0.1) is 0 Å². The average Bonchev–Trinajstić information content (AvgIpc) is 2.37. The Hall–Kier alpha value is -1.67. The molecule has 0 radical (unpaired) electrons. The van der Waals surface area contributed by atoms with Gasteiger partial charge < -0.3 is 5.32 Å². The predicted molar refractivity (Wildman–Crippen MR) is 78.8 cm³/mol. The van der Waals surface area contributed by atoms with Gasteiger partial charge >= 0.3 is 0 Å². The van der Waals surface area contributed by atoms with Gasteiger partial charge in [-0.3, -0.25) is 0 Å². The van der Waals surface area contributed by atoms with Crippen molar-refractivity contribution >= 4 is 0 Å². The van der Waals surface area contributed by atoms with E-state index in [1.54, 1.807) is 6.07 Å². The van der Waals surface area contributed by atoms with Crippen LogP contribution in [0.25, 0.3) is 11.1 Å². The molecule has 2 heteroatoms. The molecule has 0 saturated heterocycles. The molecular weight excluding hydrogens is 237 g/mol. The van der Waals surface area contributed by atoms with Gasteiger partial charge in [0, 0.05) is 11.6 Å². The maximum atomic E-state index is 14.1. The summed E-state index contributed by atoms with van der Waals surface area (Å²) in [7, 11) is 1.91. The lowest BCUT2D eigenvalue weighted by molar-refractivity contribution is 0.622. The molecule has 1 atom stereocenters. The normalized spacial score (nSPS) is 12.5. The van der Waals surface area contributed by atoms with E-state index >= 15 is 0 Å². The number of hydrogen-bond donors (Lipinski definition) is 1. The minimum absolute atomic E-state index is 0.169.